The number of imidazole rings is 1. The van der Waals surface area contributed by atoms with Crippen molar-refractivity contribution in [1.29, 1.82) is 0 Å². The summed E-state index contributed by atoms with van der Waals surface area (Å²) >= 11 is 2.27. The van der Waals surface area contributed by atoms with Gasteiger partial charge in [0.05, 0.1) is 5.48 Å². The number of fused-ring (bicyclic) bond motifs is 9. The van der Waals surface area contributed by atoms with E-state index in [0.29, 0.717) is 48.7 Å². The molecule has 0 saturated carbocycles. The van der Waals surface area contributed by atoms with Crippen molar-refractivity contribution < 1.29 is 37.8 Å². The third-order valence-electron chi connectivity index (χ3n) is 12.7. The average Bonchev–Trinajstić information content (AvgIpc) is 3.98. The molecule has 0 unspecified atom stereocenters. The summed E-state index contributed by atoms with van der Waals surface area (Å²) in [6, 6.07) is 56.5. The summed E-state index contributed by atoms with van der Waals surface area (Å²) in [7, 11) is 0. The first-order chi connectivity index (χ1) is 37.2. The van der Waals surface area contributed by atoms with Crippen molar-refractivity contribution in [2.24, 2.45) is 0 Å². The molecule has 2 aromatic heterocycles. The quantitative estimate of drug-likeness (QED) is 0.118. The van der Waals surface area contributed by atoms with Crippen molar-refractivity contribution in [1.82, 2.24) is 14.1 Å². The van der Waals surface area contributed by atoms with Gasteiger partial charge in [0.15, 0.2) is 0 Å². The van der Waals surface area contributed by atoms with Crippen LogP contribution < -0.4 is 19.8 Å². The van der Waals surface area contributed by atoms with Crippen molar-refractivity contribution in [3.8, 4) is 56.4 Å². The molecular weight excluding hydrogens is 1010 g/mol. The smallest absolute Gasteiger partial charge is 0.175 e. The first-order valence-corrected chi connectivity index (χ1v) is 23.4. The minimum Gasteiger partial charge on any atom is -0.175 e. The maximum atomic E-state index is 9.32. The maximum absolute atomic E-state index is 9.32. The Hall–Kier alpha value is -7.47. The SMILES string of the molecule is [2H]c1c([2H])c([2H])c2c(c1[2H])B1N(c3cccc(Oc4[c-]c(-n5[c](=[Pt])n(-c6c(-c7ccccc7)cc(C([2H])([2H])[2H])cc6-c6cccc(C(C)(C)C)c6)c6ccccc65)ccc4C([2H])([2H])[2H])n3)c3[c-]cccc3N1c1ccccc1-2. The van der Waals surface area contributed by atoms with Crippen molar-refractivity contribution in [2.75, 3.05) is 9.62 Å². The second kappa shape index (κ2) is 16.4. The van der Waals surface area contributed by atoms with Crippen molar-refractivity contribution in [3.63, 3.8) is 0 Å². The van der Waals surface area contributed by atoms with Crippen LogP contribution in [0.25, 0.3) is 55.8 Å². The van der Waals surface area contributed by atoms with Gasteiger partial charge in [-0.05, 0) is 11.6 Å². The van der Waals surface area contributed by atoms with Gasteiger partial charge in [0, 0.05) is 11.3 Å². The van der Waals surface area contributed by atoms with Crippen LogP contribution in [-0.4, -0.2) is 21.1 Å². The van der Waals surface area contributed by atoms with Crippen LogP contribution in [-0.2, 0) is 24.8 Å². The molecule has 0 atom stereocenters. The number of ether oxygens (including phenoxy) is 1. The number of nitrogens with zero attached hydrogens (tertiary/aromatic N) is 5. The first kappa shape index (κ1) is 32.3. The van der Waals surface area contributed by atoms with Crippen molar-refractivity contribution in [2.45, 2.75) is 39.9 Å². The van der Waals surface area contributed by atoms with Crippen LogP contribution in [0.5, 0.6) is 11.6 Å². The normalized spacial score (nSPS) is 15.3. The molecular formula is C60H46BN5OPt-2. The van der Waals surface area contributed by atoms with Crippen LogP contribution in [0.15, 0.2) is 188 Å². The van der Waals surface area contributed by atoms with Gasteiger partial charge in [0.1, 0.15) is 0 Å². The van der Waals surface area contributed by atoms with Crippen LogP contribution in [0.4, 0.5) is 22.9 Å². The molecule has 0 N–H and O–H groups in total. The van der Waals surface area contributed by atoms with Crippen molar-refractivity contribution >= 4 is 46.4 Å². The molecule has 0 aliphatic carbocycles. The second-order valence-electron chi connectivity index (χ2n) is 17.9. The zero-order valence-corrected chi connectivity index (χ0v) is 39.4. The Bertz CT molecular complexity index is 4150. The number of aryl methyl sites for hydroxylation is 2. The van der Waals surface area contributed by atoms with Crippen LogP contribution in [0, 0.1) is 29.6 Å². The van der Waals surface area contributed by atoms with Gasteiger partial charge in [-0.2, -0.15) is 12.1 Å². The van der Waals surface area contributed by atoms with Gasteiger partial charge in [-0.1, -0.05) is 42.4 Å². The second-order valence-corrected chi connectivity index (χ2v) is 18.9. The van der Waals surface area contributed by atoms with E-state index < -0.39 is 20.7 Å². The predicted octanol–water partition coefficient (Wildman–Crippen LogP) is 14.2. The van der Waals surface area contributed by atoms with Crippen molar-refractivity contribution in [3.05, 3.63) is 221 Å². The molecule has 8 heteroatoms. The van der Waals surface area contributed by atoms with E-state index in [-0.39, 0.29) is 52.3 Å². The summed E-state index contributed by atoms with van der Waals surface area (Å²) in [5.74, 6) is 0.299. The van der Waals surface area contributed by atoms with Gasteiger partial charge in [-0.15, -0.1) is 6.07 Å². The van der Waals surface area contributed by atoms with E-state index in [0.717, 1.165) is 44.8 Å². The molecule has 0 amide bonds. The molecule has 0 radical (unpaired) electrons. The van der Waals surface area contributed by atoms with Gasteiger partial charge >= 0.3 is 336 Å². The monoisotopic (exact) mass is 1070 g/mol. The summed E-state index contributed by atoms with van der Waals surface area (Å²) in [6.07, 6.45) is 0. The van der Waals surface area contributed by atoms with Crippen LogP contribution in [0.3, 0.4) is 0 Å². The van der Waals surface area contributed by atoms with E-state index in [1.165, 1.54) is 6.07 Å². The minimum absolute atomic E-state index is 0.0416. The van der Waals surface area contributed by atoms with Gasteiger partial charge in [-0.3, -0.25) is 0 Å². The molecule has 0 saturated heterocycles. The number of benzene rings is 8. The van der Waals surface area contributed by atoms with Crippen LogP contribution >= 0.6 is 0 Å². The first-order valence-electron chi connectivity index (χ1n) is 27.2. The standard InChI is InChI=1S/C60H46BN5O.Pt/c1-40-35-48(42-19-7-6-8-20-42)59(49(36-40)43-21-17-22-44(37-43)60(3,4)5)64-39-63(52-27-13-14-28-53(52)64)45-34-33-41(2)56(38-45)67-58-32-18-31-57(62-58)66-55-30-16-15-29-54(55)65-51-26-12-10-24-47(51)46-23-9-11-25-50(46)61(65)66;/h6-29,31-37H,1-5H3;/q-2;/i1D3,2D3,9D,11D,23D,25D;. The summed E-state index contributed by atoms with van der Waals surface area (Å²) in [5.41, 5.74) is 10.3. The molecule has 4 heterocycles. The third-order valence-corrected chi connectivity index (χ3v) is 13.7. The van der Waals surface area contributed by atoms with E-state index in [1.54, 1.807) is 42.5 Å². The number of pyridine rings is 1. The number of hydrogen-bond acceptors (Lipinski definition) is 4. The van der Waals surface area contributed by atoms with E-state index in [2.05, 4.69) is 69.0 Å². The third kappa shape index (κ3) is 6.90. The fourth-order valence-corrected chi connectivity index (χ4v) is 10.6. The van der Waals surface area contributed by atoms with Gasteiger partial charge in [-0.25, -0.2) is 0 Å². The number of hydrogen-bond donors (Lipinski definition) is 0. The summed E-state index contributed by atoms with van der Waals surface area (Å²) in [4.78, 5) is 8.94. The van der Waals surface area contributed by atoms with E-state index in [4.69, 9.17) is 22.1 Å². The molecule has 12 rings (SSSR count). The Labute approximate surface area is 423 Å². The number of rotatable bonds is 7. The summed E-state index contributed by atoms with van der Waals surface area (Å²) < 4.78 is 99.5. The zero-order valence-electron chi connectivity index (χ0n) is 47.1. The summed E-state index contributed by atoms with van der Waals surface area (Å²) in [6.45, 7) is 0.529. The molecule has 0 bridgehead atoms. The number of para-hydroxylation sites is 4. The molecule has 6 nitrogen and oxygen atoms in total. The Morgan fingerprint density at radius 1 is 0.662 bits per heavy atom. The molecule has 68 heavy (non-hydrogen) atoms. The van der Waals surface area contributed by atoms with Gasteiger partial charge in [0.2, 0.25) is 0 Å². The topological polar surface area (TPSA) is 38.5 Å². The average molecular weight is 1070 g/mol. The van der Waals surface area contributed by atoms with Gasteiger partial charge in [0.25, 0.3) is 0 Å². The Morgan fingerprint density at radius 2 is 1.40 bits per heavy atom. The minimum atomic E-state index is -2.65. The number of anilines is 4. The Balaban J connectivity index is 1.03. The van der Waals surface area contributed by atoms with Crippen LogP contribution in [0.2, 0.25) is 0 Å². The molecule has 0 fully saturated rings. The molecule has 2 aliphatic heterocycles. The van der Waals surface area contributed by atoms with E-state index >= 15 is 0 Å². The van der Waals surface area contributed by atoms with Crippen LogP contribution in [0.1, 0.15) is 51.2 Å². The zero-order chi connectivity index (χ0) is 54.7. The molecule has 8 aromatic carbocycles. The molecule has 2 aliphatic rings. The van der Waals surface area contributed by atoms with E-state index in [9.17, 15) is 1.37 Å². The molecule has 0 spiro atoms. The van der Waals surface area contributed by atoms with Gasteiger partial charge < -0.3 is 0 Å². The molecule has 332 valence electrons. The fourth-order valence-electron chi connectivity index (χ4n) is 9.57. The molecule has 10 aromatic rings. The van der Waals surface area contributed by atoms with E-state index in [1.807, 2.05) is 117 Å². The summed E-state index contributed by atoms with van der Waals surface area (Å²) in [5, 5.41) is 0. The Morgan fingerprint density at radius 3 is 2.22 bits per heavy atom. The number of aromatic nitrogens is 3. The Kier molecular flexibility index (Phi) is 7.78. The fraction of sp³-hybridized carbons (Fsp3) is 0.100. The predicted molar refractivity (Wildman–Crippen MR) is 275 cm³/mol.